The third-order valence-corrected chi connectivity index (χ3v) is 10.3. The Morgan fingerprint density at radius 3 is 2.24 bits per heavy atom. The Kier molecular flexibility index (Phi) is 11.8. The molecule has 258 valence electrons. The van der Waals surface area contributed by atoms with E-state index in [-0.39, 0.29) is 30.2 Å². The number of likely N-dealkylation sites (tertiary alicyclic amines) is 1. The average molecular weight is 683 g/mol. The van der Waals surface area contributed by atoms with Crippen LogP contribution in [0, 0.1) is 5.92 Å². The lowest BCUT2D eigenvalue weighted by Gasteiger charge is -2.24. The summed E-state index contributed by atoms with van der Waals surface area (Å²) in [5.41, 5.74) is 3.48. The molecule has 0 aliphatic carbocycles. The highest BCUT2D eigenvalue weighted by Crippen LogP contribution is 2.30. The van der Waals surface area contributed by atoms with Crippen LogP contribution in [0.4, 0.5) is 0 Å². The Balaban J connectivity index is 1.25. The zero-order chi connectivity index (χ0) is 35.0. The molecule has 0 radical (unpaired) electrons. The lowest BCUT2D eigenvalue weighted by atomic mass is 9.95. The maximum atomic E-state index is 13.7. The summed E-state index contributed by atoms with van der Waals surface area (Å²) in [6.45, 7) is 9.67. The number of hydrogen-bond donors (Lipinski definition) is 2. The summed E-state index contributed by atoms with van der Waals surface area (Å²) in [5, 5.41) is 12.4. The van der Waals surface area contributed by atoms with Crippen LogP contribution in [0.1, 0.15) is 79.9 Å². The van der Waals surface area contributed by atoms with Gasteiger partial charge in [0.1, 0.15) is 11.8 Å². The highest BCUT2D eigenvalue weighted by Gasteiger charge is 2.35. The van der Waals surface area contributed by atoms with Crippen molar-refractivity contribution in [1.82, 2.24) is 20.2 Å². The van der Waals surface area contributed by atoms with E-state index < -0.39 is 17.9 Å². The standard InChI is InChI=1S/C39H46N4O5S/c1-5-6-7-8-21-48-31-15-13-27(14-16-31)30-23-40-35(41-24-30)28-11-9-26(10-12-28)22-32(37(45)43-20-19-29(25-43)38(46)47)42-36(44)33-17-18-34(49-33)39(2,3)4/h9-18,23-24,29,32H,5-8,19-22,25H2,1-4H3,(H,42,44)(H,46,47)/t29-,32-/m0/s1. The third-order valence-electron chi connectivity index (χ3n) is 8.78. The predicted molar refractivity (Wildman–Crippen MR) is 193 cm³/mol. The average Bonchev–Trinajstić information content (AvgIpc) is 3.80. The minimum absolute atomic E-state index is 0.0976. The quantitative estimate of drug-likeness (QED) is 0.133. The monoisotopic (exact) mass is 682 g/mol. The van der Waals surface area contributed by atoms with E-state index in [1.165, 1.54) is 30.6 Å². The van der Waals surface area contributed by atoms with Crippen LogP contribution in [0.5, 0.6) is 5.75 Å². The SMILES string of the molecule is CCCCCCOc1ccc(-c2cnc(-c3ccc(C[C@H](NC(=O)c4ccc(C(C)(C)C)s4)C(=O)N4CC[C@H](C(=O)O)C4)cc3)nc2)cc1. The van der Waals surface area contributed by atoms with Crippen LogP contribution in [-0.2, 0) is 21.4 Å². The molecular formula is C39H46N4O5S. The smallest absolute Gasteiger partial charge is 0.308 e. The number of rotatable bonds is 14. The van der Waals surface area contributed by atoms with E-state index in [9.17, 15) is 19.5 Å². The molecule has 2 aromatic carbocycles. The molecular weight excluding hydrogens is 637 g/mol. The molecule has 2 N–H and O–H groups in total. The van der Waals surface area contributed by atoms with Crippen molar-refractivity contribution in [3.63, 3.8) is 0 Å². The fourth-order valence-corrected chi connectivity index (χ4v) is 6.76. The molecule has 2 amide bonds. The lowest BCUT2D eigenvalue weighted by molar-refractivity contribution is -0.141. The molecule has 2 atom stereocenters. The van der Waals surface area contributed by atoms with Gasteiger partial charge in [-0.15, -0.1) is 11.3 Å². The van der Waals surface area contributed by atoms with Crippen molar-refractivity contribution in [2.75, 3.05) is 19.7 Å². The second kappa shape index (κ2) is 16.2. The van der Waals surface area contributed by atoms with Gasteiger partial charge in [-0.25, -0.2) is 9.97 Å². The molecule has 0 unspecified atom stereocenters. The van der Waals surface area contributed by atoms with Gasteiger partial charge in [0, 0.05) is 47.9 Å². The highest BCUT2D eigenvalue weighted by atomic mass is 32.1. The van der Waals surface area contributed by atoms with E-state index in [0.717, 1.165) is 45.9 Å². The van der Waals surface area contributed by atoms with Crippen molar-refractivity contribution in [2.45, 2.75) is 77.7 Å². The second-order valence-corrected chi connectivity index (χ2v) is 14.8. The third kappa shape index (κ3) is 9.53. The molecule has 4 aromatic rings. The Labute approximate surface area is 292 Å². The fraction of sp³-hybridized carbons (Fsp3) is 0.410. The molecule has 0 saturated carbocycles. The highest BCUT2D eigenvalue weighted by molar-refractivity contribution is 7.14. The Morgan fingerprint density at radius 2 is 1.63 bits per heavy atom. The summed E-state index contributed by atoms with van der Waals surface area (Å²) in [6.07, 6.45) is 8.94. The normalized spacial score (nSPS) is 15.2. The van der Waals surface area contributed by atoms with Gasteiger partial charge in [0.15, 0.2) is 5.82 Å². The summed E-state index contributed by atoms with van der Waals surface area (Å²) >= 11 is 1.41. The number of aliphatic carboxylic acids is 1. The summed E-state index contributed by atoms with van der Waals surface area (Å²) in [4.78, 5) is 51.0. The van der Waals surface area contributed by atoms with Crippen LogP contribution in [0.3, 0.4) is 0 Å². The van der Waals surface area contributed by atoms with Gasteiger partial charge in [-0.05, 0) is 53.6 Å². The Morgan fingerprint density at radius 1 is 0.939 bits per heavy atom. The number of carboxylic acids is 1. The zero-order valence-electron chi connectivity index (χ0n) is 28.8. The number of nitrogens with zero attached hydrogens (tertiary/aromatic N) is 3. The van der Waals surface area contributed by atoms with Crippen molar-refractivity contribution in [3.8, 4) is 28.3 Å². The molecule has 10 heteroatoms. The number of carboxylic acid groups (broad SMARTS) is 1. The van der Waals surface area contributed by atoms with E-state index in [0.29, 0.717) is 23.7 Å². The molecule has 1 fully saturated rings. The summed E-state index contributed by atoms with van der Waals surface area (Å²) in [7, 11) is 0. The molecule has 0 bridgehead atoms. The van der Waals surface area contributed by atoms with Gasteiger partial charge in [0.2, 0.25) is 5.91 Å². The first-order chi connectivity index (χ1) is 23.5. The van der Waals surface area contributed by atoms with Crippen LogP contribution < -0.4 is 10.1 Å². The topological polar surface area (TPSA) is 122 Å². The van der Waals surface area contributed by atoms with E-state index in [2.05, 4.69) is 43.0 Å². The molecule has 0 spiro atoms. The molecule has 5 rings (SSSR count). The van der Waals surface area contributed by atoms with Crippen LogP contribution in [0.15, 0.2) is 73.1 Å². The van der Waals surface area contributed by atoms with Crippen LogP contribution in [0.2, 0.25) is 0 Å². The number of thiophene rings is 1. The molecule has 49 heavy (non-hydrogen) atoms. The van der Waals surface area contributed by atoms with Gasteiger partial charge < -0.3 is 20.1 Å². The van der Waals surface area contributed by atoms with Crippen LogP contribution in [-0.4, -0.2) is 63.5 Å². The molecule has 1 aliphatic rings. The predicted octanol–water partition coefficient (Wildman–Crippen LogP) is 7.40. The fourth-order valence-electron chi connectivity index (χ4n) is 5.79. The number of nitrogens with one attached hydrogen (secondary N) is 1. The summed E-state index contributed by atoms with van der Waals surface area (Å²) in [6, 6.07) is 18.5. The molecule has 3 heterocycles. The van der Waals surface area contributed by atoms with E-state index in [4.69, 9.17) is 4.74 Å². The number of unbranched alkanes of at least 4 members (excludes halogenated alkanes) is 3. The second-order valence-electron chi connectivity index (χ2n) is 13.7. The van der Waals surface area contributed by atoms with Crippen molar-refractivity contribution in [2.24, 2.45) is 5.92 Å². The largest absolute Gasteiger partial charge is 0.494 e. The minimum atomic E-state index is -0.911. The maximum absolute atomic E-state index is 13.7. The van der Waals surface area contributed by atoms with E-state index in [1.54, 1.807) is 23.4 Å². The number of carbonyl (C=O) groups is 3. The van der Waals surface area contributed by atoms with E-state index >= 15 is 0 Å². The molecule has 1 aliphatic heterocycles. The maximum Gasteiger partial charge on any atom is 0.308 e. The van der Waals surface area contributed by atoms with Crippen molar-refractivity contribution < 1.29 is 24.2 Å². The van der Waals surface area contributed by atoms with Crippen molar-refractivity contribution >= 4 is 29.1 Å². The molecule has 9 nitrogen and oxygen atoms in total. The lowest BCUT2D eigenvalue weighted by Crippen LogP contribution is -2.49. The van der Waals surface area contributed by atoms with Crippen LogP contribution in [0.25, 0.3) is 22.5 Å². The first kappa shape index (κ1) is 35.7. The number of benzene rings is 2. The van der Waals surface area contributed by atoms with Gasteiger partial charge in [-0.3, -0.25) is 14.4 Å². The van der Waals surface area contributed by atoms with Gasteiger partial charge in [-0.2, -0.15) is 0 Å². The van der Waals surface area contributed by atoms with E-state index in [1.807, 2.05) is 54.6 Å². The van der Waals surface area contributed by atoms with Crippen molar-refractivity contribution in [1.29, 1.82) is 0 Å². The van der Waals surface area contributed by atoms with Gasteiger partial charge in [0.05, 0.1) is 17.4 Å². The first-order valence-electron chi connectivity index (χ1n) is 17.1. The molecule has 2 aromatic heterocycles. The Bertz CT molecular complexity index is 1710. The zero-order valence-corrected chi connectivity index (χ0v) is 29.6. The number of amides is 2. The number of carbonyl (C=O) groups excluding carboxylic acids is 2. The van der Waals surface area contributed by atoms with Gasteiger partial charge in [-0.1, -0.05) is 83.4 Å². The van der Waals surface area contributed by atoms with Crippen LogP contribution >= 0.6 is 11.3 Å². The van der Waals surface area contributed by atoms with Gasteiger partial charge in [0.25, 0.3) is 5.91 Å². The van der Waals surface area contributed by atoms with Gasteiger partial charge >= 0.3 is 5.97 Å². The van der Waals surface area contributed by atoms with Crippen molar-refractivity contribution in [3.05, 3.63) is 88.4 Å². The summed E-state index contributed by atoms with van der Waals surface area (Å²) in [5.74, 6) is -0.677. The number of hydrogen-bond acceptors (Lipinski definition) is 7. The Hall–Kier alpha value is -4.57. The molecule has 1 saturated heterocycles. The number of ether oxygens (including phenoxy) is 1. The summed E-state index contributed by atoms with van der Waals surface area (Å²) < 4.78 is 5.86. The minimum Gasteiger partial charge on any atom is -0.494 e. The number of aromatic nitrogens is 2. The first-order valence-corrected chi connectivity index (χ1v) is 17.9.